The molecule has 0 spiro atoms. The summed E-state index contributed by atoms with van der Waals surface area (Å²) in [5.41, 5.74) is 6.96. The van der Waals surface area contributed by atoms with E-state index in [2.05, 4.69) is 102 Å². The van der Waals surface area contributed by atoms with Gasteiger partial charge in [-0.05, 0) is 150 Å². The number of nitrogens with zero attached hydrogens (tertiary/aromatic N) is 2. The number of carbonyl (C=O) groups excluding carboxylic acids is 4. The minimum Gasteiger partial charge on any atom is -0.481 e. The molecule has 24 heteroatoms. The zero-order chi connectivity index (χ0) is 71.3. The van der Waals surface area contributed by atoms with E-state index in [0.29, 0.717) is 68.8 Å². The molecule has 0 saturated heterocycles. The number of amides is 3. The van der Waals surface area contributed by atoms with Gasteiger partial charge < -0.3 is 45.3 Å². The maximum absolute atomic E-state index is 14.2. The van der Waals surface area contributed by atoms with Crippen molar-refractivity contribution in [1.82, 2.24) is 16.0 Å². The van der Waals surface area contributed by atoms with E-state index in [1.165, 1.54) is 6.92 Å². The molecule has 0 radical (unpaired) electrons. The third-order valence-electron chi connectivity index (χ3n) is 18.1. The Morgan fingerprint density at radius 1 is 0.694 bits per heavy atom. The zero-order valence-electron chi connectivity index (χ0n) is 57.1. The van der Waals surface area contributed by atoms with Crippen LogP contribution in [-0.4, -0.2) is 151 Å². The third kappa shape index (κ3) is 22.4. The number of carbonyl (C=O) groups is 6. The summed E-state index contributed by atoms with van der Waals surface area (Å²) in [5, 5.41) is 28.0. The van der Waals surface area contributed by atoms with Crippen molar-refractivity contribution < 1.29 is 83.7 Å². The highest BCUT2D eigenvalue weighted by molar-refractivity contribution is 7.86. The van der Waals surface area contributed by atoms with E-state index >= 15 is 0 Å². The highest BCUT2D eigenvalue weighted by Gasteiger charge is 2.45. The minimum atomic E-state index is -4.14. The number of para-hydroxylation sites is 2. The van der Waals surface area contributed by atoms with Crippen LogP contribution in [0.25, 0.3) is 0 Å². The smallest absolute Gasteiger partial charge is 0.329 e. The van der Waals surface area contributed by atoms with E-state index in [-0.39, 0.29) is 102 Å². The number of unbranched alkanes of at least 4 members (excludes halogenated alkanes) is 2. The van der Waals surface area contributed by atoms with Gasteiger partial charge in [0.05, 0.1) is 48.7 Å². The molecule has 7 N–H and O–H groups in total. The second-order valence-corrected chi connectivity index (χ2v) is 29.6. The van der Waals surface area contributed by atoms with Crippen molar-refractivity contribution in [3.63, 3.8) is 0 Å². The summed E-state index contributed by atoms with van der Waals surface area (Å²) >= 11 is 0. The normalized spacial score (nSPS) is 17.1. The number of ether oxygens (including phenoxy) is 3. The molecule has 2 aliphatic heterocycles. The van der Waals surface area contributed by atoms with Gasteiger partial charge in [-0.1, -0.05) is 98.8 Å². The van der Waals surface area contributed by atoms with Gasteiger partial charge in [-0.15, -0.1) is 0 Å². The number of anilines is 1. The molecule has 2 heterocycles. The lowest BCUT2D eigenvalue weighted by Gasteiger charge is -2.27. The Morgan fingerprint density at radius 3 is 2.01 bits per heavy atom. The van der Waals surface area contributed by atoms with Crippen LogP contribution < -0.4 is 25.6 Å². The predicted octanol–water partition coefficient (Wildman–Crippen LogP) is 10.7. The number of ketones is 2. The highest BCUT2D eigenvalue weighted by Crippen LogP contribution is 2.48. The van der Waals surface area contributed by atoms with Crippen molar-refractivity contribution in [1.29, 1.82) is 0 Å². The fourth-order valence-electron chi connectivity index (χ4n) is 12.7. The quantitative estimate of drug-likeness (QED) is 0.0124. The number of aliphatic carboxylic acids is 2. The van der Waals surface area contributed by atoms with Crippen molar-refractivity contribution in [2.45, 2.75) is 160 Å². The first-order valence-corrected chi connectivity index (χ1v) is 36.9. The van der Waals surface area contributed by atoms with Gasteiger partial charge in [-0.3, -0.25) is 28.3 Å². The van der Waals surface area contributed by atoms with Crippen molar-refractivity contribution in [3.8, 4) is 5.75 Å². The Morgan fingerprint density at radius 2 is 1.34 bits per heavy atom. The number of carboxylic acid groups (broad SMARTS) is 2. The largest absolute Gasteiger partial charge is 0.481 e. The van der Waals surface area contributed by atoms with Crippen LogP contribution in [0.4, 0.5) is 16.2 Å². The van der Waals surface area contributed by atoms with Crippen LogP contribution in [0.2, 0.25) is 0 Å². The summed E-state index contributed by atoms with van der Waals surface area (Å²) in [6.07, 6.45) is 12.1. The van der Waals surface area contributed by atoms with Crippen molar-refractivity contribution in [3.05, 3.63) is 172 Å². The van der Waals surface area contributed by atoms with Gasteiger partial charge >= 0.3 is 18.0 Å². The number of nitrogens with one attached hydrogen (secondary N) is 3. The molecule has 3 aliphatic rings. The van der Waals surface area contributed by atoms with Crippen LogP contribution in [0.15, 0.2) is 150 Å². The molecule has 22 nitrogen and oxygen atoms in total. The van der Waals surface area contributed by atoms with Gasteiger partial charge in [-0.2, -0.15) is 21.4 Å². The Labute approximate surface area is 576 Å². The standard InChI is InChI=1S/C74H95N5O17S2/c1-7-75-71(87)77-74(6,70(85)86)40-38-57(80)25-20-43-94-45-46-95-44-39-67(82)76-61(50-52-21-9-8-10-22-52)64(81)51-56(69(83)84)49-53-30-34-58(35-31-53)96-68-54(32-36-65-72(2,3)59-26-11-13-28-62(59)78(65)41-15-17-47-97(88,89)90)23-19-24-55(68)33-37-66-73(4,5)60-27-12-14-29-63(60)79(66)42-16-18-48-98(91,92)93/h8-14,21-22,26-37,56,61H,7,15-20,23-25,38-51H2,1-6H3,(H6-,75,76,77,82,83,84,85,86,87,88,89,90,91,92,93)/p+1/t56-,61+,74+/m1/s1. The van der Waals surface area contributed by atoms with Crippen molar-refractivity contribution in [2.24, 2.45) is 5.92 Å². The first kappa shape index (κ1) is 77.2. The Bertz CT molecular complexity index is 3880. The summed E-state index contributed by atoms with van der Waals surface area (Å²) in [7, 11) is -8.27. The lowest BCUT2D eigenvalue weighted by atomic mass is 9.81. The molecule has 4 aromatic carbocycles. The fourth-order valence-corrected chi connectivity index (χ4v) is 13.9. The molecule has 7 rings (SSSR count). The number of rotatable bonds is 40. The SMILES string of the molecule is CCNC(=O)N[C@@](C)(CCC(=O)CCCOCCOCCC(=O)N[C@@H](Cc1ccccc1)C(=O)C[C@@H](Cc1ccc(OC2=C(C=CC3=[N+](CCCCS(=O)(=O)O)c4ccccc4C3(C)C)CCCC2=CC=C2N(CCCCS(=O)(=O)O)c3ccccc3C2(C)C)cc1)C(=O)O)C(=O)O. The molecule has 530 valence electrons. The predicted molar refractivity (Wildman–Crippen MR) is 375 cm³/mol. The number of fused-ring (bicyclic) bond motifs is 2. The lowest BCUT2D eigenvalue weighted by molar-refractivity contribution is -0.438. The van der Waals surface area contributed by atoms with E-state index in [0.717, 1.165) is 57.0 Å². The van der Waals surface area contributed by atoms with Crippen LogP contribution in [0, 0.1) is 5.92 Å². The van der Waals surface area contributed by atoms with Crippen LogP contribution in [0.3, 0.4) is 0 Å². The molecule has 98 heavy (non-hydrogen) atoms. The monoisotopic (exact) mass is 1390 g/mol. The number of carboxylic acids is 2. The van der Waals surface area contributed by atoms with Crippen LogP contribution in [0.1, 0.15) is 147 Å². The number of Topliss-reactive ketones (excluding diaryl/α,β-unsaturated/α-hetero) is 2. The molecule has 0 bridgehead atoms. The van der Waals surface area contributed by atoms with E-state index < -0.39 is 78.2 Å². The molecule has 1 aliphatic carbocycles. The Hall–Kier alpha value is -8.13. The van der Waals surface area contributed by atoms with Crippen LogP contribution in [-0.2, 0) is 77.4 Å². The third-order valence-corrected chi connectivity index (χ3v) is 19.8. The van der Waals surface area contributed by atoms with Crippen molar-refractivity contribution in [2.75, 3.05) is 62.5 Å². The highest BCUT2D eigenvalue weighted by atomic mass is 32.2. The first-order valence-electron chi connectivity index (χ1n) is 33.7. The van der Waals surface area contributed by atoms with Gasteiger partial charge in [0.15, 0.2) is 11.5 Å². The minimum absolute atomic E-state index is 0.00475. The Kier molecular flexibility index (Phi) is 28.0. The second-order valence-electron chi connectivity index (χ2n) is 26.4. The average molecular weight is 1390 g/mol. The molecule has 0 unspecified atom stereocenters. The number of hydrogen-bond acceptors (Lipinski definition) is 14. The Balaban J connectivity index is 1.05. The zero-order valence-corrected chi connectivity index (χ0v) is 58.7. The topological polar surface area (TPSA) is 322 Å². The first-order chi connectivity index (χ1) is 46.5. The molecule has 0 aromatic heterocycles. The van der Waals surface area contributed by atoms with Gasteiger partial charge in [0.1, 0.15) is 29.4 Å². The van der Waals surface area contributed by atoms with Gasteiger partial charge in [0.25, 0.3) is 20.2 Å². The van der Waals surface area contributed by atoms with Crippen LogP contribution in [0.5, 0.6) is 5.75 Å². The van der Waals surface area contributed by atoms with E-state index in [4.69, 9.17) is 14.2 Å². The molecule has 0 fully saturated rings. The maximum atomic E-state index is 14.2. The van der Waals surface area contributed by atoms with Gasteiger partial charge in [0.2, 0.25) is 11.6 Å². The number of hydrogen-bond donors (Lipinski definition) is 7. The fraction of sp³-hybridized carbons (Fsp3) is 0.473. The lowest BCUT2D eigenvalue weighted by Crippen LogP contribution is -2.55. The van der Waals surface area contributed by atoms with Gasteiger partial charge in [0, 0.05) is 86.3 Å². The molecular weight excluding hydrogens is 1290 g/mol. The molecular formula is C74H96N5O17S2+. The number of benzene rings is 4. The number of urea groups is 1. The molecule has 4 aromatic rings. The summed E-state index contributed by atoms with van der Waals surface area (Å²) in [4.78, 5) is 79.2. The molecule has 3 amide bonds. The summed E-state index contributed by atoms with van der Waals surface area (Å²) < 4.78 is 86.2. The number of allylic oxidation sites excluding steroid dienone is 7. The maximum Gasteiger partial charge on any atom is 0.329 e. The second kappa shape index (κ2) is 35.6. The summed E-state index contributed by atoms with van der Waals surface area (Å²) in [6, 6.07) is 30.8. The van der Waals surface area contributed by atoms with E-state index in [9.17, 15) is 64.9 Å². The van der Waals surface area contributed by atoms with Crippen molar-refractivity contribution >= 4 is 72.8 Å². The average Bonchev–Trinajstić information content (AvgIpc) is 1.60. The molecule has 0 saturated carbocycles. The van der Waals surface area contributed by atoms with Gasteiger partial charge in [-0.25, -0.2) is 9.59 Å². The van der Waals surface area contributed by atoms with E-state index in [1.807, 2.05) is 54.6 Å². The molecule has 3 atom stereocenters. The van der Waals surface area contributed by atoms with E-state index in [1.54, 1.807) is 31.2 Å². The van der Waals surface area contributed by atoms with Crippen LogP contribution >= 0.6 is 0 Å². The summed E-state index contributed by atoms with van der Waals surface area (Å²) in [6.45, 7) is 13.5. The summed E-state index contributed by atoms with van der Waals surface area (Å²) in [5.74, 6) is -4.26.